The van der Waals surface area contributed by atoms with Gasteiger partial charge in [0.25, 0.3) is 0 Å². The van der Waals surface area contributed by atoms with Crippen molar-refractivity contribution in [3.05, 3.63) is 29.8 Å². The molecule has 0 radical (unpaired) electrons. The van der Waals surface area contributed by atoms with Crippen molar-refractivity contribution in [2.24, 2.45) is 0 Å². The van der Waals surface area contributed by atoms with Gasteiger partial charge in [-0.15, -0.1) is 0 Å². The topological polar surface area (TPSA) is 100 Å². The number of benzene rings is 1. The van der Waals surface area contributed by atoms with Crippen LogP contribution in [0.5, 0.6) is 5.75 Å². The van der Waals surface area contributed by atoms with Crippen molar-refractivity contribution >= 4 is 5.97 Å². The van der Waals surface area contributed by atoms with Crippen molar-refractivity contribution in [3.63, 3.8) is 0 Å². The highest BCUT2D eigenvalue weighted by Crippen LogP contribution is 2.15. The summed E-state index contributed by atoms with van der Waals surface area (Å²) < 4.78 is 49.0. The first kappa shape index (κ1) is 40.2. The number of unbranched alkanes of at least 4 members (excludes halogenated alkanes) is 5. The van der Waals surface area contributed by atoms with Crippen molar-refractivity contribution in [2.45, 2.75) is 78.2 Å². The molecule has 0 bridgehead atoms. The molecule has 256 valence electrons. The van der Waals surface area contributed by atoms with Crippen molar-refractivity contribution < 1.29 is 47.4 Å². The summed E-state index contributed by atoms with van der Waals surface area (Å²) in [7, 11) is 0. The molecule has 1 aromatic rings. The first-order chi connectivity index (χ1) is 21.4. The lowest BCUT2D eigenvalue weighted by molar-refractivity contribution is -0.160. The molecule has 0 fully saturated rings. The van der Waals surface area contributed by atoms with Crippen LogP contribution in [0, 0.1) is 0 Å². The average molecular weight is 629 g/mol. The second-order valence-corrected chi connectivity index (χ2v) is 11.3. The molecule has 0 saturated carbocycles. The summed E-state index contributed by atoms with van der Waals surface area (Å²) in [5, 5.41) is 0. The third-order valence-electron chi connectivity index (χ3n) is 6.11. The minimum Gasteiger partial charge on any atom is -0.491 e. The fourth-order valence-corrected chi connectivity index (χ4v) is 3.93. The van der Waals surface area contributed by atoms with Gasteiger partial charge in [0.05, 0.1) is 85.9 Å². The number of rotatable bonds is 31. The summed E-state index contributed by atoms with van der Waals surface area (Å²) in [5.41, 5.74) is 0.869. The molecule has 44 heavy (non-hydrogen) atoms. The Kier molecular flexibility index (Phi) is 26.2. The third-order valence-corrected chi connectivity index (χ3v) is 6.11. The highest BCUT2D eigenvalue weighted by Gasteiger charge is 2.15. The van der Waals surface area contributed by atoms with Crippen LogP contribution >= 0.6 is 0 Å². The van der Waals surface area contributed by atoms with Crippen LogP contribution < -0.4 is 4.74 Å². The zero-order valence-electron chi connectivity index (χ0n) is 27.9. The zero-order chi connectivity index (χ0) is 32.0. The van der Waals surface area contributed by atoms with Gasteiger partial charge in [0, 0.05) is 0 Å². The number of hydrogen-bond acceptors (Lipinski definition) is 10. The van der Waals surface area contributed by atoms with Gasteiger partial charge in [-0.2, -0.15) is 0 Å². The van der Waals surface area contributed by atoms with Gasteiger partial charge >= 0.3 is 5.97 Å². The van der Waals surface area contributed by atoms with Gasteiger partial charge in [-0.1, -0.05) is 51.2 Å². The average Bonchev–Trinajstić information content (AvgIpc) is 2.99. The lowest BCUT2D eigenvalue weighted by atomic mass is 10.0. The standard InChI is InChI=1S/C34H60O10/c1-5-6-7-8-9-10-11-31-12-14-32(15-13-31)43-29-28-41-25-24-39-21-20-37-17-16-36-18-19-38-22-23-40-26-27-42-30-33(35)44-34(2,3)4/h12-15H,5-11,16-30H2,1-4H3. The van der Waals surface area contributed by atoms with Crippen LogP contribution in [0.2, 0.25) is 0 Å². The quantitative estimate of drug-likeness (QED) is 0.0782. The fraction of sp³-hybridized carbons (Fsp3) is 0.794. The molecule has 0 atom stereocenters. The zero-order valence-corrected chi connectivity index (χ0v) is 27.9. The van der Waals surface area contributed by atoms with Gasteiger partial charge in [-0.25, -0.2) is 4.79 Å². The molecule has 10 heteroatoms. The summed E-state index contributed by atoms with van der Waals surface area (Å²) in [6.07, 6.45) is 9.08. The van der Waals surface area contributed by atoms with Crippen LogP contribution in [0.15, 0.2) is 24.3 Å². The van der Waals surface area contributed by atoms with Crippen LogP contribution in [0.25, 0.3) is 0 Å². The van der Waals surface area contributed by atoms with Crippen LogP contribution in [0.4, 0.5) is 0 Å². The summed E-state index contributed by atoms with van der Waals surface area (Å²) in [6, 6.07) is 8.42. The second kappa shape index (κ2) is 28.7. The van der Waals surface area contributed by atoms with E-state index in [4.69, 9.17) is 42.6 Å². The summed E-state index contributed by atoms with van der Waals surface area (Å²) in [6.45, 7) is 14.4. The van der Waals surface area contributed by atoms with Crippen molar-refractivity contribution in [2.75, 3.05) is 99.1 Å². The van der Waals surface area contributed by atoms with Crippen LogP contribution in [-0.4, -0.2) is 111 Å². The molecule has 0 heterocycles. The van der Waals surface area contributed by atoms with Gasteiger partial charge in [0.2, 0.25) is 0 Å². The third kappa shape index (κ3) is 27.7. The Hall–Kier alpha value is -1.79. The lowest BCUT2D eigenvalue weighted by Crippen LogP contribution is -2.27. The van der Waals surface area contributed by atoms with Crippen LogP contribution in [0.3, 0.4) is 0 Å². The Labute approximate surface area is 266 Å². The molecule has 0 aliphatic rings. The van der Waals surface area contributed by atoms with Crippen LogP contribution in [-0.2, 0) is 49.1 Å². The smallest absolute Gasteiger partial charge is 0.332 e. The van der Waals surface area contributed by atoms with Gasteiger partial charge < -0.3 is 42.6 Å². The molecule has 0 N–H and O–H groups in total. The van der Waals surface area contributed by atoms with Crippen molar-refractivity contribution in [1.29, 1.82) is 0 Å². The van der Waals surface area contributed by atoms with E-state index in [0.717, 1.165) is 12.2 Å². The summed E-state index contributed by atoms with van der Waals surface area (Å²) in [5.74, 6) is 0.501. The van der Waals surface area contributed by atoms with E-state index in [0.29, 0.717) is 92.5 Å². The van der Waals surface area contributed by atoms with E-state index in [1.807, 2.05) is 32.9 Å². The van der Waals surface area contributed by atoms with Crippen molar-refractivity contribution in [3.8, 4) is 5.75 Å². The molecule has 0 unspecified atom stereocenters. The maximum Gasteiger partial charge on any atom is 0.332 e. The van der Waals surface area contributed by atoms with E-state index in [-0.39, 0.29) is 12.6 Å². The Morgan fingerprint density at radius 1 is 0.545 bits per heavy atom. The highest BCUT2D eigenvalue weighted by molar-refractivity contribution is 5.71. The highest BCUT2D eigenvalue weighted by atomic mass is 16.6. The molecule has 0 amide bonds. The molecular formula is C34H60O10. The Bertz CT molecular complexity index is 766. The van der Waals surface area contributed by atoms with Gasteiger partial charge in [-0.3, -0.25) is 0 Å². The Balaban J connectivity index is 1.75. The van der Waals surface area contributed by atoms with E-state index in [1.54, 1.807) is 0 Å². The van der Waals surface area contributed by atoms with E-state index in [1.165, 1.54) is 44.1 Å². The lowest BCUT2D eigenvalue weighted by Gasteiger charge is -2.19. The number of hydrogen-bond donors (Lipinski definition) is 0. The molecule has 0 saturated heterocycles. The largest absolute Gasteiger partial charge is 0.491 e. The van der Waals surface area contributed by atoms with Gasteiger partial charge in [0.15, 0.2) is 0 Å². The summed E-state index contributed by atoms with van der Waals surface area (Å²) in [4.78, 5) is 11.5. The second-order valence-electron chi connectivity index (χ2n) is 11.3. The fourth-order valence-electron chi connectivity index (χ4n) is 3.93. The van der Waals surface area contributed by atoms with Crippen molar-refractivity contribution in [1.82, 2.24) is 0 Å². The summed E-state index contributed by atoms with van der Waals surface area (Å²) >= 11 is 0. The van der Waals surface area contributed by atoms with Gasteiger partial charge in [0.1, 0.15) is 24.6 Å². The Morgan fingerprint density at radius 3 is 1.41 bits per heavy atom. The van der Waals surface area contributed by atoms with Crippen LogP contribution in [0.1, 0.15) is 71.8 Å². The molecule has 0 aromatic heterocycles. The molecule has 1 aromatic carbocycles. The molecular weight excluding hydrogens is 568 g/mol. The Morgan fingerprint density at radius 2 is 0.955 bits per heavy atom. The minimum atomic E-state index is -0.506. The van der Waals surface area contributed by atoms with E-state index >= 15 is 0 Å². The molecule has 0 spiro atoms. The maximum atomic E-state index is 11.5. The number of aryl methyl sites for hydroxylation is 1. The normalized spacial score (nSPS) is 11.6. The first-order valence-electron chi connectivity index (χ1n) is 16.4. The number of ether oxygens (including phenoxy) is 9. The number of carbonyl (C=O) groups excluding carboxylic acids is 1. The molecule has 10 nitrogen and oxygen atoms in total. The molecule has 0 aliphatic carbocycles. The van der Waals surface area contributed by atoms with E-state index in [9.17, 15) is 4.79 Å². The maximum absolute atomic E-state index is 11.5. The first-order valence-corrected chi connectivity index (χ1v) is 16.4. The van der Waals surface area contributed by atoms with E-state index in [2.05, 4.69) is 19.1 Å². The molecule has 0 aliphatic heterocycles. The SMILES string of the molecule is CCCCCCCCc1ccc(OCCOCCOCCOCCOCCOCCOCCOCC(=O)OC(C)(C)C)cc1. The number of esters is 1. The predicted molar refractivity (Wildman–Crippen MR) is 171 cm³/mol. The minimum absolute atomic E-state index is 0.0771. The monoisotopic (exact) mass is 628 g/mol. The van der Waals surface area contributed by atoms with Gasteiger partial charge in [-0.05, 0) is 51.3 Å². The van der Waals surface area contributed by atoms with E-state index < -0.39 is 5.60 Å². The molecule has 1 rings (SSSR count). The number of carbonyl (C=O) groups is 1. The predicted octanol–water partition coefficient (Wildman–Crippen LogP) is 5.43.